The first-order chi connectivity index (χ1) is 8.08. The van der Waals surface area contributed by atoms with E-state index < -0.39 is 10.0 Å². The van der Waals surface area contributed by atoms with E-state index in [-0.39, 0.29) is 11.8 Å². The van der Waals surface area contributed by atoms with Crippen molar-refractivity contribution >= 4 is 21.6 Å². The molecule has 6 heteroatoms. The number of aliphatic hydroxyl groups is 1. The van der Waals surface area contributed by atoms with Gasteiger partial charge in [0.1, 0.15) is 5.21 Å². The van der Waals surface area contributed by atoms with E-state index in [1.807, 2.05) is 0 Å². The molecule has 17 heavy (non-hydrogen) atoms. The maximum absolute atomic E-state index is 11.6. The number of aliphatic hydroxyl groups excluding tert-OH is 1. The fourth-order valence-electron chi connectivity index (χ4n) is 1.60. The first-order valence-electron chi connectivity index (χ1n) is 6.23. The summed E-state index contributed by atoms with van der Waals surface area (Å²) in [7, 11) is -3.34. The summed E-state index contributed by atoms with van der Waals surface area (Å²) in [5.74, 6) is 0. The molecule has 0 fully saturated rings. The van der Waals surface area contributed by atoms with Gasteiger partial charge in [-0.25, -0.2) is 12.7 Å². The third kappa shape index (κ3) is 7.97. The SMILES string of the molecule is CCCCCCCN(CCCO)S(=O)(=O)CCl. The fraction of sp³-hybridized carbons (Fsp3) is 1.00. The third-order valence-corrected chi connectivity index (χ3v) is 4.86. The van der Waals surface area contributed by atoms with Gasteiger partial charge in [0.2, 0.25) is 10.0 Å². The number of alkyl halides is 1. The molecule has 1 N–H and O–H groups in total. The molecule has 0 aromatic carbocycles. The second-order valence-electron chi connectivity index (χ2n) is 4.11. The number of nitrogens with zero attached hydrogens (tertiary/aromatic N) is 1. The summed E-state index contributed by atoms with van der Waals surface area (Å²) >= 11 is 5.44. The zero-order valence-corrected chi connectivity index (χ0v) is 12.1. The number of hydrogen-bond donors (Lipinski definition) is 1. The standard InChI is InChI=1S/C11H24ClNO3S/c1-2-3-4-5-6-8-13(9-7-10-14)17(15,16)11-12/h14H,2-11H2,1H3. The molecule has 0 saturated heterocycles. The van der Waals surface area contributed by atoms with Gasteiger partial charge in [0.25, 0.3) is 0 Å². The van der Waals surface area contributed by atoms with Gasteiger partial charge in [0.15, 0.2) is 0 Å². The number of rotatable bonds is 11. The Balaban J connectivity index is 4.03. The number of hydrogen-bond acceptors (Lipinski definition) is 3. The average Bonchev–Trinajstić information content (AvgIpc) is 2.32. The Morgan fingerprint density at radius 1 is 1.06 bits per heavy atom. The van der Waals surface area contributed by atoms with Crippen LogP contribution < -0.4 is 0 Å². The Morgan fingerprint density at radius 2 is 1.65 bits per heavy atom. The van der Waals surface area contributed by atoms with Crippen LogP contribution in [0.2, 0.25) is 0 Å². The minimum absolute atomic E-state index is 0.00411. The second kappa shape index (κ2) is 10.1. The Bertz CT molecular complexity index is 270. The maximum Gasteiger partial charge on any atom is 0.228 e. The maximum atomic E-state index is 11.6. The van der Waals surface area contributed by atoms with Gasteiger partial charge < -0.3 is 5.11 Å². The lowest BCUT2D eigenvalue weighted by atomic mass is 10.1. The number of unbranched alkanes of at least 4 members (excludes halogenated alkanes) is 4. The van der Waals surface area contributed by atoms with Gasteiger partial charge in [-0.05, 0) is 12.8 Å². The van der Waals surface area contributed by atoms with Crippen molar-refractivity contribution in [1.29, 1.82) is 0 Å². The molecular weight excluding hydrogens is 262 g/mol. The molecule has 0 unspecified atom stereocenters. The third-order valence-electron chi connectivity index (χ3n) is 2.61. The highest BCUT2D eigenvalue weighted by Gasteiger charge is 2.19. The molecule has 0 bridgehead atoms. The largest absolute Gasteiger partial charge is 0.396 e. The highest BCUT2D eigenvalue weighted by molar-refractivity contribution is 7.90. The van der Waals surface area contributed by atoms with Gasteiger partial charge in [-0.15, -0.1) is 11.6 Å². The summed E-state index contributed by atoms with van der Waals surface area (Å²) in [6.45, 7) is 3.02. The minimum atomic E-state index is -3.34. The van der Waals surface area contributed by atoms with E-state index in [0.29, 0.717) is 19.5 Å². The van der Waals surface area contributed by atoms with E-state index in [0.717, 1.165) is 19.3 Å². The van der Waals surface area contributed by atoms with Crippen LogP contribution in [-0.2, 0) is 10.0 Å². The molecule has 0 atom stereocenters. The summed E-state index contributed by atoms with van der Waals surface area (Å²) in [5.41, 5.74) is 0. The van der Waals surface area contributed by atoms with Gasteiger partial charge >= 0.3 is 0 Å². The molecule has 0 aliphatic carbocycles. The molecular formula is C11H24ClNO3S. The van der Waals surface area contributed by atoms with Crippen molar-refractivity contribution in [2.24, 2.45) is 0 Å². The zero-order chi connectivity index (χ0) is 13.1. The quantitative estimate of drug-likeness (QED) is 0.467. The molecule has 0 aliphatic heterocycles. The molecule has 0 aromatic heterocycles. The summed E-state index contributed by atoms with van der Waals surface area (Å²) in [6, 6.07) is 0. The predicted octanol–water partition coefficient (Wildman–Crippen LogP) is 2.17. The summed E-state index contributed by atoms with van der Waals surface area (Å²) < 4.78 is 24.7. The minimum Gasteiger partial charge on any atom is -0.396 e. The fourth-order valence-corrected chi connectivity index (χ4v) is 2.96. The van der Waals surface area contributed by atoms with Crippen LogP contribution in [0.25, 0.3) is 0 Å². The van der Waals surface area contributed by atoms with E-state index in [1.54, 1.807) is 0 Å². The Hall–Kier alpha value is 0.160. The van der Waals surface area contributed by atoms with Crippen LogP contribution >= 0.6 is 11.6 Å². The number of sulfonamides is 1. The second-order valence-corrected chi connectivity index (χ2v) is 6.66. The molecule has 104 valence electrons. The van der Waals surface area contributed by atoms with Gasteiger partial charge in [0, 0.05) is 19.7 Å². The molecule has 0 saturated carbocycles. The molecule has 0 aliphatic rings. The van der Waals surface area contributed by atoms with Crippen LogP contribution in [-0.4, -0.2) is 42.7 Å². The van der Waals surface area contributed by atoms with Crippen LogP contribution in [0.5, 0.6) is 0 Å². The first kappa shape index (κ1) is 17.2. The van der Waals surface area contributed by atoms with E-state index >= 15 is 0 Å². The van der Waals surface area contributed by atoms with Gasteiger partial charge in [-0.3, -0.25) is 0 Å². The number of halogens is 1. The molecule has 0 amide bonds. The first-order valence-corrected chi connectivity index (χ1v) is 8.37. The molecule has 0 heterocycles. The molecule has 0 rings (SSSR count). The van der Waals surface area contributed by atoms with Crippen molar-refractivity contribution in [3.63, 3.8) is 0 Å². The summed E-state index contributed by atoms with van der Waals surface area (Å²) in [4.78, 5) is 0. The summed E-state index contributed by atoms with van der Waals surface area (Å²) in [5, 5.41) is 8.36. The van der Waals surface area contributed by atoms with Crippen LogP contribution in [0.1, 0.15) is 45.4 Å². The Kier molecular flexibility index (Phi) is 10.2. The van der Waals surface area contributed by atoms with Gasteiger partial charge in [-0.2, -0.15) is 0 Å². The van der Waals surface area contributed by atoms with Gasteiger partial charge in [0.05, 0.1) is 0 Å². The highest BCUT2D eigenvalue weighted by atomic mass is 35.5. The van der Waals surface area contributed by atoms with Crippen molar-refractivity contribution in [3.8, 4) is 0 Å². The molecule has 4 nitrogen and oxygen atoms in total. The lowest BCUT2D eigenvalue weighted by Crippen LogP contribution is -2.34. The molecule has 0 spiro atoms. The highest BCUT2D eigenvalue weighted by Crippen LogP contribution is 2.09. The monoisotopic (exact) mass is 285 g/mol. The van der Waals surface area contributed by atoms with E-state index in [1.165, 1.54) is 17.1 Å². The topological polar surface area (TPSA) is 57.6 Å². The lowest BCUT2D eigenvalue weighted by molar-refractivity contribution is 0.268. The Morgan fingerprint density at radius 3 is 2.18 bits per heavy atom. The molecule has 0 radical (unpaired) electrons. The summed E-state index contributed by atoms with van der Waals surface area (Å²) in [6.07, 6.45) is 5.88. The zero-order valence-electron chi connectivity index (χ0n) is 10.6. The van der Waals surface area contributed by atoms with Crippen molar-refractivity contribution in [2.75, 3.05) is 24.9 Å². The van der Waals surface area contributed by atoms with Gasteiger partial charge in [-0.1, -0.05) is 32.6 Å². The van der Waals surface area contributed by atoms with E-state index in [9.17, 15) is 8.42 Å². The van der Waals surface area contributed by atoms with Crippen molar-refractivity contribution < 1.29 is 13.5 Å². The normalized spacial score (nSPS) is 12.2. The van der Waals surface area contributed by atoms with Crippen molar-refractivity contribution in [3.05, 3.63) is 0 Å². The smallest absolute Gasteiger partial charge is 0.228 e. The van der Waals surface area contributed by atoms with Crippen LogP contribution in [0, 0.1) is 0 Å². The lowest BCUT2D eigenvalue weighted by Gasteiger charge is -2.20. The van der Waals surface area contributed by atoms with Crippen LogP contribution in [0.15, 0.2) is 0 Å². The van der Waals surface area contributed by atoms with Crippen molar-refractivity contribution in [2.45, 2.75) is 45.4 Å². The Labute approximate surface area is 110 Å². The van der Waals surface area contributed by atoms with Crippen molar-refractivity contribution in [1.82, 2.24) is 4.31 Å². The van der Waals surface area contributed by atoms with Crippen LogP contribution in [0.4, 0.5) is 0 Å². The predicted molar refractivity (Wildman–Crippen MR) is 71.7 cm³/mol. The average molecular weight is 286 g/mol. The van der Waals surface area contributed by atoms with E-state index in [2.05, 4.69) is 6.92 Å². The van der Waals surface area contributed by atoms with E-state index in [4.69, 9.17) is 16.7 Å². The van der Waals surface area contributed by atoms with Crippen LogP contribution in [0.3, 0.4) is 0 Å². The molecule has 0 aromatic rings.